The van der Waals surface area contributed by atoms with Gasteiger partial charge in [0.2, 0.25) is 0 Å². The van der Waals surface area contributed by atoms with Crippen molar-refractivity contribution in [3.05, 3.63) is 240 Å². The van der Waals surface area contributed by atoms with Gasteiger partial charge in [-0.25, -0.2) is 0 Å². The molecule has 0 atom stereocenters. The number of fused-ring (bicyclic) bond motifs is 3. The van der Waals surface area contributed by atoms with Crippen LogP contribution < -0.4 is 4.90 Å². The molecular weight excluding hydrogens is 771 g/mol. The number of anilines is 3. The van der Waals surface area contributed by atoms with Crippen molar-refractivity contribution in [2.24, 2.45) is 0 Å². The fourth-order valence-electron chi connectivity index (χ4n) is 10.7. The van der Waals surface area contributed by atoms with E-state index in [1.54, 1.807) is 0 Å². The number of hydrogen-bond acceptors (Lipinski definition) is 1. The Hall–Kier alpha value is -7.48. The van der Waals surface area contributed by atoms with Gasteiger partial charge in [-0.3, -0.25) is 0 Å². The number of allylic oxidation sites excluding steroid dienone is 4. The van der Waals surface area contributed by atoms with E-state index in [0.29, 0.717) is 0 Å². The summed E-state index contributed by atoms with van der Waals surface area (Å²) in [4.78, 5) is 2.41. The third-order valence-corrected chi connectivity index (χ3v) is 13.9. The molecule has 0 saturated heterocycles. The van der Waals surface area contributed by atoms with E-state index in [1.165, 1.54) is 99.8 Å². The summed E-state index contributed by atoms with van der Waals surface area (Å²) in [6, 6.07) is 74.0. The van der Waals surface area contributed by atoms with Crippen LogP contribution in [0.2, 0.25) is 0 Å². The molecule has 0 spiro atoms. The van der Waals surface area contributed by atoms with Crippen LogP contribution in [0, 0.1) is 13.8 Å². The minimum atomic E-state index is -0.0478. The van der Waals surface area contributed by atoms with E-state index in [1.807, 2.05) is 0 Å². The summed E-state index contributed by atoms with van der Waals surface area (Å²) in [5, 5.41) is 2.52. The van der Waals surface area contributed by atoms with Gasteiger partial charge in [-0.15, -0.1) is 0 Å². The zero-order chi connectivity index (χ0) is 43.4. The van der Waals surface area contributed by atoms with Gasteiger partial charge in [-0.2, -0.15) is 0 Å². The highest BCUT2D eigenvalue weighted by Gasteiger charge is 2.39. The summed E-state index contributed by atoms with van der Waals surface area (Å²) in [5.41, 5.74) is 24.2. The molecule has 2 aliphatic rings. The van der Waals surface area contributed by atoms with E-state index >= 15 is 0 Å². The van der Waals surface area contributed by atoms with E-state index in [0.717, 1.165) is 29.9 Å². The van der Waals surface area contributed by atoms with E-state index in [-0.39, 0.29) is 5.41 Å². The molecule has 2 aliphatic carbocycles. The Bertz CT molecular complexity index is 3300. The third kappa shape index (κ3) is 6.80. The van der Waals surface area contributed by atoms with Crippen molar-refractivity contribution in [1.29, 1.82) is 0 Å². The number of aryl methyl sites for hydroxylation is 1. The van der Waals surface area contributed by atoms with E-state index in [4.69, 9.17) is 0 Å². The highest BCUT2D eigenvalue weighted by molar-refractivity contribution is 5.97. The van der Waals surface area contributed by atoms with Gasteiger partial charge in [-0.1, -0.05) is 184 Å². The Morgan fingerprint density at radius 2 is 0.984 bits per heavy atom. The van der Waals surface area contributed by atoms with Gasteiger partial charge in [0, 0.05) is 22.5 Å². The molecule has 1 heteroatoms. The van der Waals surface area contributed by atoms with E-state index < -0.39 is 0 Å². The first-order valence-electron chi connectivity index (χ1n) is 22.7. The van der Waals surface area contributed by atoms with Gasteiger partial charge in [-0.05, 0) is 169 Å². The highest BCUT2D eigenvalue weighted by Crippen LogP contribution is 2.53. The first-order chi connectivity index (χ1) is 31.3. The second kappa shape index (κ2) is 16.0. The summed E-state index contributed by atoms with van der Waals surface area (Å²) >= 11 is 0. The summed E-state index contributed by atoms with van der Waals surface area (Å²) < 4.78 is 0. The lowest BCUT2D eigenvalue weighted by Gasteiger charge is -2.28. The molecule has 0 amide bonds. The number of hydrogen-bond donors (Lipinski definition) is 0. The Balaban J connectivity index is 0.997. The van der Waals surface area contributed by atoms with Crippen LogP contribution >= 0.6 is 0 Å². The molecule has 9 aromatic rings. The SMILES string of the molecule is Cc1ccccc1-c1cccc(-c2ccc(N(c3ccc(-c4cccc5c4C(C)(C)C4=C5CCC=C4)cc3)c3cccc(-c4cccc(-c5cccc6ccccc56)c4)c3)cc2)c1C. The van der Waals surface area contributed by atoms with Crippen LogP contribution in [0.4, 0.5) is 17.1 Å². The van der Waals surface area contributed by atoms with Crippen LogP contribution in [-0.4, -0.2) is 0 Å². The number of nitrogens with zero attached hydrogens (tertiary/aromatic N) is 1. The van der Waals surface area contributed by atoms with Gasteiger partial charge in [0.1, 0.15) is 0 Å². The predicted octanol–water partition coefficient (Wildman–Crippen LogP) is 17.7. The first kappa shape index (κ1) is 39.4. The molecule has 0 aliphatic heterocycles. The number of benzene rings is 9. The van der Waals surface area contributed by atoms with Crippen LogP contribution in [0.15, 0.2) is 218 Å². The first-order valence-corrected chi connectivity index (χ1v) is 22.7. The molecule has 1 nitrogen and oxygen atoms in total. The summed E-state index contributed by atoms with van der Waals surface area (Å²) in [7, 11) is 0. The topological polar surface area (TPSA) is 3.24 Å². The molecule has 0 unspecified atom stereocenters. The zero-order valence-electron chi connectivity index (χ0n) is 37.1. The average Bonchev–Trinajstić information content (AvgIpc) is 3.58. The van der Waals surface area contributed by atoms with Crippen molar-refractivity contribution in [2.75, 3.05) is 4.90 Å². The van der Waals surface area contributed by atoms with Crippen molar-refractivity contribution < 1.29 is 0 Å². The predicted molar refractivity (Wildman–Crippen MR) is 274 cm³/mol. The second-order valence-corrected chi connectivity index (χ2v) is 18.1. The molecule has 64 heavy (non-hydrogen) atoms. The largest absolute Gasteiger partial charge is 0.310 e. The van der Waals surface area contributed by atoms with Crippen molar-refractivity contribution >= 4 is 33.4 Å². The Kier molecular flexibility index (Phi) is 9.85. The van der Waals surface area contributed by atoms with E-state index in [2.05, 4.69) is 245 Å². The standard InChI is InChI=1S/C63H51N/c1-42-16-5-7-23-53(42)55-27-14-26-54(43(55)2)45-32-36-50(37-33-45)64(51-38-34-46(35-39-51)58-29-15-30-60-59-25-9-10-31-61(59)63(3,4)62(58)60)52-22-12-20-48(41-52)47-19-11-21-49(40-47)57-28-13-18-44-17-6-8-24-56(44)57/h5-8,10-24,26-41H,9,25H2,1-4H3. The molecule has 0 radical (unpaired) electrons. The molecule has 0 heterocycles. The number of rotatable bonds is 8. The molecule has 0 fully saturated rings. The Labute approximate surface area is 378 Å². The molecule has 0 bridgehead atoms. The molecular formula is C63H51N. The van der Waals surface area contributed by atoms with Crippen LogP contribution in [0.25, 0.3) is 72.0 Å². The Morgan fingerprint density at radius 1 is 0.422 bits per heavy atom. The molecule has 0 N–H and O–H groups in total. The molecule has 308 valence electrons. The molecule has 0 aromatic heterocycles. The van der Waals surface area contributed by atoms with Crippen LogP contribution in [0.5, 0.6) is 0 Å². The van der Waals surface area contributed by atoms with Gasteiger partial charge in [0.15, 0.2) is 0 Å². The van der Waals surface area contributed by atoms with Crippen molar-refractivity contribution in [3.63, 3.8) is 0 Å². The third-order valence-electron chi connectivity index (χ3n) is 13.9. The normalized spacial score (nSPS) is 13.8. The maximum atomic E-state index is 2.41. The van der Waals surface area contributed by atoms with Crippen molar-refractivity contribution in [3.8, 4) is 55.6 Å². The quantitative estimate of drug-likeness (QED) is 0.148. The minimum Gasteiger partial charge on any atom is -0.310 e. The van der Waals surface area contributed by atoms with E-state index in [9.17, 15) is 0 Å². The molecule has 0 saturated carbocycles. The minimum absolute atomic E-state index is 0.0478. The van der Waals surface area contributed by atoms with Gasteiger partial charge >= 0.3 is 0 Å². The molecule has 11 rings (SSSR count). The lowest BCUT2D eigenvalue weighted by Crippen LogP contribution is -2.17. The van der Waals surface area contributed by atoms with Gasteiger partial charge < -0.3 is 4.90 Å². The Morgan fingerprint density at radius 3 is 1.77 bits per heavy atom. The maximum Gasteiger partial charge on any atom is 0.0467 e. The van der Waals surface area contributed by atoms with Crippen molar-refractivity contribution in [1.82, 2.24) is 0 Å². The fraction of sp³-hybridized carbons (Fsp3) is 0.111. The highest BCUT2D eigenvalue weighted by atomic mass is 15.1. The van der Waals surface area contributed by atoms with Crippen LogP contribution in [0.1, 0.15) is 48.9 Å². The van der Waals surface area contributed by atoms with Gasteiger partial charge in [0.25, 0.3) is 0 Å². The van der Waals surface area contributed by atoms with Crippen LogP contribution in [0.3, 0.4) is 0 Å². The van der Waals surface area contributed by atoms with Crippen LogP contribution in [-0.2, 0) is 5.41 Å². The smallest absolute Gasteiger partial charge is 0.0467 e. The monoisotopic (exact) mass is 821 g/mol. The fourth-order valence-corrected chi connectivity index (χ4v) is 10.7. The maximum absolute atomic E-state index is 2.41. The van der Waals surface area contributed by atoms with Gasteiger partial charge in [0.05, 0.1) is 0 Å². The van der Waals surface area contributed by atoms with Crippen molar-refractivity contribution in [2.45, 2.75) is 46.0 Å². The summed E-state index contributed by atoms with van der Waals surface area (Å²) in [5.74, 6) is 0. The average molecular weight is 822 g/mol. The summed E-state index contributed by atoms with van der Waals surface area (Å²) in [6.07, 6.45) is 6.96. The summed E-state index contributed by atoms with van der Waals surface area (Å²) in [6.45, 7) is 9.25. The lowest BCUT2D eigenvalue weighted by atomic mass is 9.77. The lowest BCUT2D eigenvalue weighted by molar-refractivity contribution is 0.653. The zero-order valence-corrected chi connectivity index (χ0v) is 37.1. The second-order valence-electron chi connectivity index (χ2n) is 18.1. The molecule has 9 aromatic carbocycles.